The molecule has 2 aromatic carbocycles. The van der Waals surface area contributed by atoms with Crippen molar-refractivity contribution in [3.8, 4) is 0 Å². The van der Waals surface area contributed by atoms with Gasteiger partial charge >= 0.3 is 0 Å². The summed E-state index contributed by atoms with van der Waals surface area (Å²) in [5.41, 5.74) is 5.43. The SMILES string of the molecule is CC(C)(C)[Si](OC[C@H]1O[C@@H](n2cnc3c(=O)[nH]c(N)nc32)[C@H](O)[C@@H]1O)(c1ccccc1)c1ccccc1. The molecule has 0 aliphatic carbocycles. The fourth-order valence-corrected chi connectivity index (χ4v) is 9.76. The maximum absolute atomic E-state index is 12.2. The number of aliphatic hydroxyl groups is 2. The van der Waals surface area contributed by atoms with Crippen molar-refractivity contribution in [3.05, 3.63) is 77.3 Å². The van der Waals surface area contributed by atoms with E-state index in [1.54, 1.807) is 0 Å². The molecular formula is C26H31N5O5Si. The Morgan fingerprint density at radius 1 is 1.05 bits per heavy atom. The summed E-state index contributed by atoms with van der Waals surface area (Å²) in [6.07, 6.45) is -3.05. The molecule has 10 nitrogen and oxygen atoms in total. The van der Waals surface area contributed by atoms with Crippen LogP contribution in [-0.4, -0.2) is 63.0 Å². The second kappa shape index (κ2) is 9.51. The van der Waals surface area contributed by atoms with Crippen LogP contribution in [0, 0.1) is 0 Å². The van der Waals surface area contributed by atoms with Gasteiger partial charge in [-0.25, -0.2) is 4.98 Å². The Labute approximate surface area is 214 Å². The molecule has 37 heavy (non-hydrogen) atoms. The number of fused-ring (bicyclic) bond motifs is 1. The van der Waals surface area contributed by atoms with Gasteiger partial charge < -0.3 is 25.1 Å². The van der Waals surface area contributed by atoms with Crippen molar-refractivity contribution in [2.75, 3.05) is 12.3 Å². The third kappa shape index (κ3) is 4.28. The van der Waals surface area contributed by atoms with E-state index in [1.165, 1.54) is 10.9 Å². The number of hydrogen-bond donors (Lipinski definition) is 4. The average molecular weight is 522 g/mol. The fraction of sp³-hybridized carbons (Fsp3) is 0.346. The lowest BCUT2D eigenvalue weighted by atomic mass is 10.1. The molecule has 4 aromatic rings. The summed E-state index contributed by atoms with van der Waals surface area (Å²) in [5.74, 6) is -0.0844. The molecular weight excluding hydrogens is 490 g/mol. The minimum Gasteiger partial charge on any atom is -0.405 e. The van der Waals surface area contributed by atoms with E-state index in [0.29, 0.717) is 0 Å². The molecule has 4 atom stereocenters. The standard InChI is InChI=1S/C26H31N5O5Si/c1-26(2,3)37(16-10-6-4-7-11-16,17-12-8-5-9-13-17)35-14-18-20(32)21(33)24(36-18)31-15-28-19-22(31)29-25(27)30-23(19)34/h4-13,15,18,20-21,24,32-33H,14H2,1-3H3,(H3,27,29,30,34)/t18-,20-,21-,24-/m1/s1. The van der Waals surface area contributed by atoms with Gasteiger partial charge in [-0.1, -0.05) is 81.4 Å². The molecule has 1 saturated heterocycles. The van der Waals surface area contributed by atoms with Crippen LogP contribution in [0.4, 0.5) is 5.95 Å². The van der Waals surface area contributed by atoms with Crippen LogP contribution < -0.4 is 21.7 Å². The zero-order valence-electron chi connectivity index (χ0n) is 20.9. The van der Waals surface area contributed by atoms with Crippen LogP contribution in [-0.2, 0) is 9.16 Å². The molecule has 11 heteroatoms. The Morgan fingerprint density at radius 2 is 1.65 bits per heavy atom. The van der Waals surface area contributed by atoms with E-state index in [1.807, 2.05) is 36.4 Å². The number of nitrogens with two attached hydrogens (primary N) is 1. The number of nitrogens with zero attached hydrogens (tertiary/aromatic N) is 3. The quantitative estimate of drug-likeness (QED) is 0.274. The molecule has 0 amide bonds. The van der Waals surface area contributed by atoms with Gasteiger partial charge in [0.15, 0.2) is 17.4 Å². The van der Waals surface area contributed by atoms with Gasteiger partial charge in [-0.3, -0.25) is 14.3 Å². The molecule has 5 N–H and O–H groups in total. The molecule has 0 radical (unpaired) electrons. The number of ether oxygens (including phenoxy) is 1. The van der Waals surface area contributed by atoms with Gasteiger partial charge in [0, 0.05) is 0 Å². The first-order valence-corrected chi connectivity index (χ1v) is 14.0. The van der Waals surface area contributed by atoms with E-state index in [0.717, 1.165) is 10.4 Å². The lowest BCUT2D eigenvalue weighted by Crippen LogP contribution is -2.67. The summed E-state index contributed by atoms with van der Waals surface area (Å²) in [6.45, 7) is 6.53. The van der Waals surface area contributed by atoms with E-state index >= 15 is 0 Å². The normalized spacial score (nSPS) is 22.5. The van der Waals surface area contributed by atoms with Crippen molar-refractivity contribution in [2.45, 2.75) is 50.3 Å². The predicted octanol–water partition coefficient (Wildman–Crippen LogP) is 0.898. The second-order valence-electron chi connectivity index (χ2n) is 10.3. The molecule has 5 rings (SSSR count). The van der Waals surface area contributed by atoms with E-state index in [4.69, 9.17) is 14.9 Å². The number of nitrogen functional groups attached to an aromatic ring is 1. The first-order chi connectivity index (χ1) is 17.6. The number of anilines is 1. The van der Waals surface area contributed by atoms with Crippen LogP contribution in [0.25, 0.3) is 11.2 Å². The first-order valence-electron chi connectivity index (χ1n) is 12.1. The number of aromatic amines is 1. The summed E-state index contributed by atoms with van der Waals surface area (Å²) in [5, 5.41) is 23.8. The monoisotopic (exact) mass is 521 g/mol. The molecule has 3 heterocycles. The average Bonchev–Trinajstić information content (AvgIpc) is 3.41. The highest BCUT2D eigenvalue weighted by molar-refractivity contribution is 6.99. The highest BCUT2D eigenvalue weighted by atomic mass is 28.4. The number of benzene rings is 2. The third-order valence-corrected chi connectivity index (χ3v) is 11.9. The number of nitrogens with one attached hydrogen (secondary N) is 1. The van der Waals surface area contributed by atoms with Gasteiger partial charge in [0.2, 0.25) is 5.95 Å². The van der Waals surface area contributed by atoms with Crippen molar-refractivity contribution in [1.29, 1.82) is 0 Å². The molecule has 2 aromatic heterocycles. The molecule has 1 fully saturated rings. The Hall–Kier alpha value is -3.35. The highest BCUT2D eigenvalue weighted by Crippen LogP contribution is 2.38. The predicted molar refractivity (Wildman–Crippen MR) is 142 cm³/mol. The van der Waals surface area contributed by atoms with Gasteiger partial charge in [-0.2, -0.15) is 4.98 Å². The largest absolute Gasteiger partial charge is 0.405 e. The van der Waals surface area contributed by atoms with Crippen LogP contribution in [0.5, 0.6) is 0 Å². The number of H-pyrrole nitrogens is 1. The van der Waals surface area contributed by atoms with Crippen molar-refractivity contribution < 1.29 is 19.4 Å². The molecule has 194 valence electrons. The summed E-state index contributed by atoms with van der Waals surface area (Å²) in [4.78, 5) is 22.8. The van der Waals surface area contributed by atoms with Gasteiger partial charge in [0.05, 0.1) is 12.9 Å². The van der Waals surface area contributed by atoms with Gasteiger partial charge in [-0.05, 0) is 15.4 Å². The Balaban J connectivity index is 1.49. The number of aliphatic hydroxyl groups excluding tert-OH is 2. The minimum absolute atomic E-state index is 0.0464. The maximum Gasteiger partial charge on any atom is 0.280 e. The summed E-state index contributed by atoms with van der Waals surface area (Å²) in [7, 11) is -2.88. The molecule has 0 bridgehead atoms. The van der Waals surface area contributed by atoms with Gasteiger partial charge in [-0.15, -0.1) is 0 Å². The van der Waals surface area contributed by atoms with Crippen molar-refractivity contribution in [1.82, 2.24) is 19.5 Å². The smallest absolute Gasteiger partial charge is 0.280 e. The van der Waals surface area contributed by atoms with Crippen molar-refractivity contribution in [2.24, 2.45) is 0 Å². The maximum atomic E-state index is 12.2. The minimum atomic E-state index is -2.88. The Morgan fingerprint density at radius 3 is 2.22 bits per heavy atom. The number of aromatic nitrogens is 4. The lowest BCUT2D eigenvalue weighted by Gasteiger charge is -2.43. The first kappa shape index (κ1) is 25.3. The molecule has 0 unspecified atom stereocenters. The second-order valence-corrected chi connectivity index (χ2v) is 14.6. The van der Waals surface area contributed by atoms with E-state index in [2.05, 4.69) is 60.0 Å². The van der Waals surface area contributed by atoms with Crippen LogP contribution in [0.2, 0.25) is 5.04 Å². The third-order valence-electron chi connectivity index (χ3n) is 6.94. The molecule has 1 aliphatic rings. The van der Waals surface area contributed by atoms with Crippen LogP contribution in [0.1, 0.15) is 27.0 Å². The van der Waals surface area contributed by atoms with E-state index < -0.39 is 38.4 Å². The number of rotatable bonds is 6. The summed E-state index contributed by atoms with van der Waals surface area (Å²) in [6, 6.07) is 20.3. The molecule has 0 spiro atoms. The fourth-order valence-electron chi connectivity index (χ4n) is 5.19. The van der Waals surface area contributed by atoms with E-state index in [9.17, 15) is 15.0 Å². The lowest BCUT2D eigenvalue weighted by molar-refractivity contribution is -0.0486. The Kier molecular flexibility index (Phi) is 6.50. The van der Waals surface area contributed by atoms with Crippen molar-refractivity contribution in [3.63, 3.8) is 0 Å². The molecule has 0 saturated carbocycles. The van der Waals surface area contributed by atoms with E-state index in [-0.39, 0.29) is 28.8 Å². The van der Waals surface area contributed by atoms with Crippen LogP contribution >= 0.6 is 0 Å². The topological polar surface area (TPSA) is 149 Å². The zero-order chi connectivity index (χ0) is 26.4. The number of hydrogen-bond acceptors (Lipinski definition) is 8. The summed E-state index contributed by atoms with van der Waals surface area (Å²) >= 11 is 0. The Bertz CT molecular complexity index is 1400. The van der Waals surface area contributed by atoms with Crippen molar-refractivity contribution >= 4 is 35.8 Å². The number of imidazole rings is 1. The van der Waals surface area contributed by atoms with Crippen LogP contribution in [0.15, 0.2) is 71.8 Å². The summed E-state index contributed by atoms with van der Waals surface area (Å²) < 4.78 is 14.4. The zero-order valence-corrected chi connectivity index (χ0v) is 21.9. The highest BCUT2D eigenvalue weighted by Gasteiger charge is 2.52. The van der Waals surface area contributed by atoms with Gasteiger partial charge in [0.1, 0.15) is 18.3 Å². The molecule has 1 aliphatic heterocycles. The van der Waals surface area contributed by atoms with Crippen LogP contribution in [0.3, 0.4) is 0 Å². The van der Waals surface area contributed by atoms with Gasteiger partial charge in [0.25, 0.3) is 13.9 Å².